The second-order valence-corrected chi connectivity index (χ2v) is 10.9. The van der Waals surface area contributed by atoms with Crippen LogP contribution in [0, 0.1) is 33.5 Å². The van der Waals surface area contributed by atoms with E-state index in [2.05, 4.69) is 27.7 Å². The van der Waals surface area contributed by atoms with Gasteiger partial charge in [-0.15, -0.1) is 0 Å². The number of ketones is 2. The first-order valence-corrected chi connectivity index (χ1v) is 10.6. The standard InChI is InChI=1S/C24H34O4/c1-14-11-18-21(4)9-10-24(28,15(2)25)22(21,5)13-19(27)23(18,6)20(3)8-7-16(26)12-17(14)20/h7-8,12,14,18-19,27-28H,9-11,13H2,1-6H3/t14-,18-,19-,20?,21?,22?,23+,24-/m0/s1. The Balaban J connectivity index is 1.92. The molecule has 3 saturated carbocycles. The van der Waals surface area contributed by atoms with Gasteiger partial charge in [-0.25, -0.2) is 0 Å². The van der Waals surface area contributed by atoms with E-state index in [9.17, 15) is 19.8 Å². The molecule has 2 N–H and O–H groups in total. The maximum absolute atomic E-state index is 12.5. The van der Waals surface area contributed by atoms with Crippen LogP contribution < -0.4 is 0 Å². The van der Waals surface area contributed by atoms with Crippen molar-refractivity contribution in [1.29, 1.82) is 0 Å². The molecule has 4 aliphatic rings. The normalized spacial score (nSPS) is 55.2. The Labute approximate surface area is 168 Å². The van der Waals surface area contributed by atoms with Gasteiger partial charge in [0, 0.05) is 16.2 Å². The molecule has 0 spiro atoms. The SMILES string of the molecule is CC(=O)[C@@]1(O)CCC2(C)[C@@H]3C[C@H](C)C4=CC(=O)C=CC4(C)[C@@]3(C)[C@@H](O)CC21C. The van der Waals surface area contributed by atoms with E-state index in [0.29, 0.717) is 12.8 Å². The van der Waals surface area contributed by atoms with E-state index < -0.39 is 27.9 Å². The summed E-state index contributed by atoms with van der Waals surface area (Å²) in [6, 6.07) is 0. The van der Waals surface area contributed by atoms with Crippen molar-refractivity contribution in [2.45, 2.75) is 78.9 Å². The number of allylic oxidation sites excluding steroid dienone is 4. The quantitative estimate of drug-likeness (QED) is 0.722. The zero-order valence-electron chi connectivity index (χ0n) is 18.0. The van der Waals surface area contributed by atoms with Gasteiger partial charge in [0.15, 0.2) is 11.6 Å². The lowest BCUT2D eigenvalue weighted by molar-refractivity contribution is -0.239. The Morgan fingerprint density at radius 2 is 1.82 bits per heavy atom. The van der Waals surface area contributed by atoms with Crippen molar-refractivity contribution < 1.29 is 19.8 Å². The smallest absolute Gasteiger partial charge is 0.178 e. The van der Waals surface area contributed by atoms with Crippen molar-refractivity contribution >= 4 is 11.6 Å². The van der Waals surface area contributed by atoms with Gasteiger partial charge in [-0.05, 0) is 62.0 Å². The molecule has 3 fully saturated rings. The summed E-state index contributed by atoms with van der Waals surface area (Å²) in [5.41, 5.74) is -2.07. The Morgan fingerprint density at radius 1 is 1.18 bits per heavy atom. The van der Waals surface area contributed by atoms with Crippen LogP contribution in [0.25, 0.3) is 0 Å². The predicted molar refractivity (Wildman–Crippen MR) is 107 cm³/mol. The van der Waals surface area contributed by atoms with Crippen LogP contribution in [0.5, 0.6) is 0 Å². The van der Waals surface area contributed by atoms with Crippen LogP contribution in [-0.2, 0) is 9.59 Å². The van der Waals surface area contributed by atoms with E-state index in [1.165, 1.54) is 6.92 Å². The number of Topliss-reactive ketones (excluding diaryl/α,β-unsaturated/α-hetero) is 1. The molecule has 4 heteroatoms. The molecule has 28 heavy (non-hydrogen) atoms. The molecular weight excluding hydrogens is 352 g/mol. The summed E-state index contributed by atoms with van der Waals surface area (Å²) in [5, 5.41) is 23.0. The lowest BCUT2D eigenvalue weighted by Gasteiger charge is -2.70. The number of carbonyl (C=O) groups excluding carboxylic acids is 2. The van der Waals surface area contributed by atoms with Crippen molar-refractivity contribution in [1.82, 2.24) is 0 Å². The molecule has 4 rings (SSSR count). The largest absolute Gasteiger partial charge is 0.392 e. The van der Waals surface area contributed by atoms with Crippen LogP contribution in [0.15, 0.2) is 23.8 Å². The number of fused-ring (bicyclic) bond motifs is 5. The molecule has 0 bridgehead atoms. The molecule has 0 aromatic carbocycles. The molecule has 0 heterocycles. The van der Waals surface area contributed by atoms with Crippen LogP contribution in [-0.4, -0.2) is 33.5 Å². The molecule has 0 amide bonds. The van der Waals surface area contributed by atoms with Crippen molar-refractivity contribution in [2.75, 3.05) is 0 Å². The van der Waals surface area contributed by atoms with Crippen molar-refractivity contribution in [3.63, 3.8) is 0 Å². The number of aliphatic hydroxyl groups is 2. The maximum Gasteiger partial charge on any atom is 0.178 e. The summed E-state index contributed by atoms with van der Waals surface area (Å²) in [6.45, 7) is 12.2. The molecule has 4 nitrogen and oxygen atoms in total. The van der Waals surface area contributed by atoms with Crippen molar-refractivity contribution in [3.05, 3.63) is 23.8 Å². The molecule has 154 valence electrons. The fraction of sp³-hybridized carbons (Fsp3) is 0.750. The second kappa shape index (κ2) is 5.46. The predicted octanol–water partition coefficient (Wildman–Crippen LogP) is 3.61. The van der Waals surface area contributed by atoms with E-state index in [0.717, 1.165) is 18.4 Å². The molecular formula is C24H34O4. The van der Waals surface area contributed by atoms with Gasteiger partial charge in [0.25, 0.3) is 0 Å². The highest BCUT2D eigenvalue weighted by atomic mass is 16.3. The van der Waals surface area contributed by atoms with E-state index in [1.807, 2.05) is 13.0 Å². The Hall–Kier alpha value is -1.26. The number of carbonyl (C=O) groups is 2. The third-order valence-electron chi connectivity index (χ3n) is 10.3. The molecule has 8 atom stereocenters. The average molecular weight is 387 g/mol. The van der Waals surface area contributed by atoms with Crippen LogP contribution in [0.2, 0.25) is 0 Å². The average Bonchev–Trinajstić information content (AvgIpc) is 2.82. The topological polar surface area (TPSA) is 74.6 Å². The second-order valence-electron chi connectivity index (χ2n) is 10.9. The highest BCUT2D eigenvalue weighted by molar-refractivity contribution is 6.01. The fourth-order valence-corrected chi connectivity index (χ4v) is 8.02. The van der Waals surface area contributed by atoms with Gasteiger partial charge in [0.1, 0.15) is 5.60 Å². The summed E-state index contributed by atoms with van der Waals surface area (Å²) in [5.74, 6) is 0.189. The summed E-state index contributed by atoms with van der Waals surface area (Å²) in [6.07, 6.45) is 7.24. The first-order chi connectivity index (χ1) is 12.8. The van der Waals surface area contributed by atoms with Gasteiger partial charge in [0.2, 0.25) is 0 Å². The van der Waals surface area contributed by atoms with Crippen molar-refractivity contribution in [3.8, 4) is 0 Å². The van der Waals surface area contributed by atoms with Crippen LogP contribution in [0.4, 0.5) is 0 Å². The Kier molecular flexibility index (Phi) is 3.90. The summed E-state index contributed by atoms with van der Waals surface area (Å²) in [4.78, 5) is 24.6. The number of hydrogen-bond donors (Lipinski definition) is 2. The molecule has 0 aromatic rings. The van der Waals surface area contributed by atoms with Gasteiger partial charge in [-0.1, -0.05) is 46.3 Å². The Bertz CT molecular complexity index is 826. The van der Waals surface area contributed by atoms with E-state index >= 15 is 0 Å². The van der Waals surface area contributed by atoms with Crippen LogP contribution >= 0.6 is 0 Å². The lowest BCUT2D eigenvalue weighted by atomic mass is 9.35. The van der Waals surface area contributed by atoms with Gasteiger partial charge >= 0.3 is 0 Å². The number of rotatable bonds is 1. The fourth-order valence-electron chi connectivity index (χ4n) is 8.02. The highest BCUT2D eigenvalue weighted by Crippen LogP contribution is 2.77. The molecule has 0 aromatic heterocycles. The zero-order valence-corrected chi connectivity index (χ0v) is 18.0. The van der Waals surface area contributed by atoms with Gasteiger partial charge in [-0.3, -0.25) is 9.59 Å². The van der Waals surface area contributed by atoms with Crippen LogP contribution in [0.3, 0.4) is 0 Å². The van der Waals surface area contributed by atoms with E-state index in [4.69, 9.17) is 0 Å². The van der Waals surface area contributed by atoms with Crippen molar-refractivity contribution in [2.24, 2.45) is 33.5 Å². The first-order valence-electron chi connectivity index (χ1n) is 10.6. The minimum atomic E-state index is -1.39. The lowest BCUT2D eigenvalue weighted by Crippen LogP contribution is -2.69. The third kappa shape index (κ3) is 1.90. The first kappa shape index (κ1) is 20.0. The maximum atomic E-state index is 12.5. The molecule has 0 saturated heterocycles. The monoisotopic (exact) mass is 386 g/mol. The van der Waals surface area contributed by atoms with Gasteiger partial charge in [-0.2, -0.15) is 0 Å². The molecule has 3 unspecified atom stereocenters. The number of aliphatic hydroxyl groups excluding tert-OH is 1. The minimum absolute atomic E-state index is 0.0227. The molecule has 0 aliphatic heterocycles. The van der Waals surface area contributed by atoms with E-state index in [1.54, 1.807) is 12.2 Å². The van der Waals surface area contributed by atoms with Gasteiger partial charge < -0.3 is 10.2 Å². The van der Waals surface area contributed by atoms with Gasteiger partial charge in [0.05, 0.1) is 6.10 Å². The summed E-state index contributed by atoms with van der Waals surface area (Å²) in [7, 11) is 0. The van der Waals surface area contributed by atoms with Crippen LogP contribution in [0.1, 0.15) is 67.2 Å². The third-order valence-corrected chi connectivity index (χ3v) is 10.3. The zero-order chi connectivity index (χ0) is 20.9. The molecule has 0 radical (unpaired) electrons. The summed E-state index contributed by atoms with van der Waals surface area (Å²) < 4.78 is 0. The minimum Gasteiger partial charge on any atom is -0.392 e. The summed E-state index contributed by atoms with van der Waals surface area (Å²) >= 11 is 0. The number of hydrogen-bond acceptors (Lipinski definition) is 4. The highest BCUT2D eigenvalue weighted by Gasteiger charge is 2.76. The molecule has 4 aliphatic carbocycles. The van der Waals surface area contributed by atoms with E-state index in [-0.39, 0.29) is 28.8 Å². The Morgan fingerprint density at radius 3 is 2.43 bits per heavy atom.